The van der Waals surface area contributed by atoms with Crippen LogP contribution in [0.2, 0.25) is 0 Å². The minimum atomic E-state index is -3.93. The summed E-state index contributed by atoms with van der Waals surface area (Å²) in [4.78, 5) is 20.9. The summed E-state index contributed by atoms with van der Waals surface area (Å²) in [5.41, 5.74) is 2.11. The van der Waals surface area contributed by atoms with Crippen LogP contribution in [0.25, 0.3) is 0 Å². The van der Waals surface area contributed by atoms with Crippen molar-refractivity contribution in [2.24, 2.45) is 0 Å². The van der Waals surface area contributed by atoms with E-state index in [0.717, 1.165) is 0 Å². The van der Waals surface area contributed by atoms with Crippen LogP contribution >= 0.6 is 7.60 Å². The molecule has 0 spiro atoms. The molecular formula is C3H10NO4P. The van der Waals surface area contributed by atoms with E-state index in [0.29, 0.717) is 6.61 Å². The molecule has 0 aromatic rings. The van der Waals surface area contributed by atoms with Crippen molar-refractivity contribution in [3.05, 3.63) is 0 Å². The summed E-state index contributed by atoms with van der Waals surface area (Å²) in [6.45, 7) is 2.10. The van der Waals surface area contributed by atoms with Crippen molar-refractivity contribution in [3.63, 3.8) is 0 Å². The summed E-state index contributed by atoms with van der Waals surface area (Å²) in [5, 5.41) is 0. The second-order valence-corrected chi connectivity index (χ2v) is 3.05. The van der Waals surface area contributed by atoms with Gasteiger partial charge in [-0.1, -0.05) is 0 Å². The van der Waals surface area contributed by atoms with E-state index in [9.17, 15) is 4.57 Å². The fourth-order valence-corrected chi connectivity index (χ4v) is 0.491. The monoisotopic (exact) mass is 155 g/mol. The molecule has 0 aliphatic carbocycles. The molecule has 0 unspecified atom stereocenters. The van der Waals surface area contributed by atoms with Gasteiger partial charge in [-0.15, -0.1) is 0 Å². The maximum atomic E-state index is 10.1. The summed E-state index contributed by atoms with van der Waals surface area (Å²) in [6.07, 6.45) is -0.430. The summed E-state index contributed by atoms with van der Waals surface area (Å²) in [7, 11) is -3.93. The zero-order valence-electron chi connectivity index (χ0n) is 5.07. The van der Waals surface area contributed by atoms with Gasteiger partial charge in [-0.05, 0) is 6.92 Å². The Bertz CT molecular complexity index is 110. The van der Waals surface area contributed by atoms with Gasteiger partial charge in [0.05, 0.1) is 6.61 Å². The van der Waals surface area contributed by atoms with E-state index in [4.69, 9.17) is 9.79 Å². The average Bonchev–Trinajstić information content (AvgIpc) is 1.63. The first-order chi connectivity index (χ1) is 4.06. The third-order valence-electron chi connectivity index (χ3n) is 0.517. The Morgan fingerprint density at radius 1 is 1.67 bits per heavy atom. The lowest BCUT2D eigenvalue weighted by Gasteiger charge is -2.03. The van der Waals surface area contributed by atoms with E-state index in [1.807, 2.05) is 0 Å². The highest BCUT2D eigenvalue weighted by Gasteiger charge is 2.10. The quantitative estimate of drug-likeness (QED) is 0.294. The Morgan fingerprint density at radius 2 is 2.22 bits per heavy atom. The molecule has 0 fully saturated rings. The van der Waals surface area contributed by atoms with E-state index in [1.54, 1.807) is 6.92 Å². The van der Waals surface area contributed by atoms with E-state index in [-0.39, 0.29) is 0 Å². The van der Waals surface area contributed by atoms with Gasteiger partial charge < -0.3 is 14.6 Å². The van der Waals surface area contributed by atoms with Gasteiger partial charge in [0.1, 0.15) is 6.29 Å². The van der Waals surface area contributed by atoms with Gasteiger partial charge in [-0.2, -0.15) is 5.48 Å². The van der Waals surface area contributed by atoms with Gasteiger partial charge in [-0.25, -0.2) is 0 Å². The van der Waals surface area contributed by atoms with E-state index < -0.39 is 13.9 Å². The molecule has 6 heteroatoms. The van der Waals surface area contributed by atoms with Crippen LogP contribution in [0.1, 0.15) is 6.92 Å². The van der Waals surface area contributed by atoms with Crippen molar-refractivity contribution in [1.82, 2.24) is 5.48 Å². The smallest absolute Gasteiger partial charge is 0.323 e. The molecule has 0 amide bonds. The third kappa shape index (κ3) is 8.07. The molecule has 9 heavy (non-hydrogen) atoms. The molecule has 0 rings (SSSR count). The molecule has 0 aromatic heterocycles. The lowest BCUT2D eigenvalue weighted by molar-refractivity contribution is 0.0594. The van der Waals surface area contributed by atoms with Gasteiger partial charge >= 0.3 is 7.60 Å². The van der Waals surface area contributed by atoms with Crippen molar-refractivity contribution in [1.29, 1.82) is 0 Å². The Balaban J connectivity index is 3.18. The third-order valence-corrected chi connectivity index (χ3v) is 1.06. The van der Waals surface area contributed by atoms with Gasteiger partial charge in [0.2, 0.25) is 0 Å². The van der Waals surface area contributed by atoms with Crippen LogP contribution < -0.4 is 5.48 Å². The lowest BCUT2D eigenvalue weighted by Crippen LogP contribution is -2.15. The Morgan fingerprint density at radius 3 is 2.56 bits per heavy atom. The number of hydroxylamine groups is 1. The highest BCUT2D eigenvalue weighted by Crippen LogP contribution is 2.31. The highest BCUT2D eigenvalue weighted by atomic mass is 31.2. The minimum absolute atomic E-state index is 0.389. The molecule has 0 heterocycles. The van der Waals surface area contributed by atoms with Crippen LogP contribution in [0, 0.1) is 0 Å². The first-order valence-electron chi connectivity index (χ1n) is 2.45. The average molecular weight is 155 g/mol. The van der Waals surface area contributed by atoms with Crippen LogP contribution in [-0.4, -0.2) is 22.7 Å². The van der Waals surface area contributed by atoms with E-state index in [1.165, 1.54) is 0 Å². The predicted octanol–water partition coefficient (Wildman–Crippen LogP) is -0.337. The van der Waals surface area contributed by atoms with Crippen LogP contribution in [0.3, 0.4) is 0 Å². The summed E-state index contributed by atoms with van der Waals surface area (Å²) < 4.78 is 10.1. The number of rotatable bonds is 4. The largest absolute Gasteiger partial charge is 0.341 e. The zero-order valence-corrected chi connectivity index (χ0v) is 5.97. The molecule has 0 radical (unpaired) electrons. The number of hydrogen-bond donors (Lipinski definition) is 3. The first kappa shape index (κ1) is 9.07. The Hall–Kier alpha value is 0.0700. The van der Waals surface area contributed by atoms with Crippen molar-refractivity contribution >= 4 is 7.60 Å². The maximum Gasteiger partial charge on any atom is 0.341 e. The van der Waals surface area contributed by atoms with Crippen LogP contribution in [0.5, 0.6) is 0 Å². The molecule has 0 atom stereocenters. The zero-order chi connectivity index (χ0) is 7.33. The molecule has 3 N–H and O–H groups in total. The van der Waals surface area contributed by atoms with Crippen molar-refractivity contribution in [2.75, 3.05) is 12.9 Å². The topological polar surface area (TPSA) is 78.8 Å². The normalized spacial score (nSPS) is 11.9. The van der Waals surface area contributed by atoms with Crippen molar-refractivity contribution < 1.29 is 19.2 Å². The number of hydrogen-bond acceptors (Lipinski definition) is 3. The summed E-state index contributed by atoms with van der Waals surface area (Å²) >= 11 is 0. The second-order valence-electron chi connectivity index (χ2n) is 1.40. The van der Waals surface area contributed by atoms with Crippen molar-refractivity contribution in [2.45, 2.75) is 6.92 Å². The molecule has 56 valence electrons. The minimum Gasteiger partial charge on any atom is -0.323 e. The lowest BCUT2D eigenvalue weighted by atomic mass is 10.9. The molecule has 0 aromatic carbocycles. The van der Waals surface area contributed by atoms with Crippen LogP contribution in [0.4, 0.5) is 0 Å². The van der Waals surface area contributed by atoms with Gasteiger partial charge in [0.25, 0.3) is 0 Å². The van der Waals surface area contributed by atoms with Crippen LogP contribution in [-0.2, 0) is 9.40 Å². The summed E-state index contributed by atoms with van der Waals surface area (Å²) in [5.74, 6) is 0. The van der Waals surface area contributed by atoms with Gasteiger partial charge in [-0.3, -0.25) is 4.57 Å². The number of nitrogens with one attached hydrogen (secondary N) is 1. The Kier molecular flexibility index (Phi) is 4.01. The van der Waals surface area contributed by atoms with Gasteiger partial charge in [0.15, 0.2) is 0 Å². The Labute approximate surface area is 53.1 Å². The predicted molar refractivity (Wildman–Crippen MR) is 31.7 cm³/mol. The summed E-state index contributed by atoms with van der Waals surface area (Å²) in [6, 6.07) is 0. The molecule has 0 aliphatic rings. The van der Waals surface area contributed by atoms with Gasteiger partial charge in [0, 0.05) is 0 Å². The first-order valence-corrected chi connectivity index (χ1v) is 4.25. The maximum absolute atomic E-state index is 10.1. The molecule has 0 aliphatic heterocycles. The molecule has 0 saturated heterocycles. The molecule has 0 saturated carbocycles. The van der Waals surface area contributed by atoms with Crippen molar-refractivity contribution in [3.8, 4) is 0 Å². The molecule has 5 nitrogen and oxygen atoms in total. The fraction of sp³-hybridized carbons (Fsp3) is 1.00. The molecule has 0 bridgehead atoms. The van der Waals surface area contributed by atoms with E-state index >= 15 is 0 Å². The standard InChI is InChI=1S/C3H10NO4P/c1-2-8-4-3-9(5,6)7/h4H,2-3H2,1H3,(H2,5,6,7). The SMILES string of the molecule is CCONCP(=O)(O)O. The molecular weight excluding hydrogens is 145 g/mol. The van der Waals surface area contributed by atoms with Crippen LogP contribution in [0.15, 0.2) is 0 Å². The van der Waals surface area contributed by atoms with E-state index in [2.05, 4.69) is 10.3 Å². The highest BCUT2D eigenvalue weighted by molar-refractivity contribution is 7.51. The second kappa shape index (κ2) is 3.98. The fourth-order valence-electron chi connectivity index (χ4n) is 0.232.